The van der Waals surface area contributed by atoms with Crippen LogP contribution in [0.2, 0.25) is 0 Å². The van der Waals surface area contributed by atoms with E-state index >= 15 is 0 Å². The monoisotopic (exact) mass is 323 g/mol. The highest BCUT2D eigenvalue weighted by Crippen LogP contribution is 2.25. The number of nitrogens with zero attached hydrogens (tertiary/aromatic N) is 4. The minimum atomic E-state index is -3.60. The molecule has 1 aliphatic rings. The molecule has 1 fully saturated rings. The molecular weight excluding hydrogens is 302 g/mol. The number of likely N-dealkylation sites (N-methyl/N-ethyl adjacent to an activating group) is 1. The van der Waals surface area contributed by atoms with Crippen LogP contribution in [0, 0.1) is 0 Å². The van der Waals surface area contributed by atoms with Crippen molar-refractivity contribution >= 4 is 21.1 Å². The zero-order chi connectivity index (χ0) is 15.7. The van der Waals surface area contributed by atoms with Crippen LogP contribution in [-0.2, 0) is 10.0 Å². The number of hydrogen-bond acceptors (Lipinski definition) is 5. The maximum absolute atomic E-state index is 13.1. The van der Waals surface area contributed by atoms with Crippen LogP contribution in [0.25, 0.3) is 11.0 Å². The molecule has 0 bridgehead atoms. The average Bonchev–Trinajstić information content (AvgIpc) is 2.84. The molecule has 120 valence electrons. The Hall–Kier alpha value is -1.51. The number of aromatic nitrogens is 3. The maximum atomic E-state index is 13.1. The predicted molar refractivity (Wildman–Crippen MR) is 84.0 cm³/mol. The van der Waals surface area contributed by atoms with Gasteiger partial charge in [0.1, 0.15) is 0 Å². The number of aromatic amines is 1. The van der Waals surface area contributed by atoms with Gasteiger partial charge < -0.3 is 4.90 Å². The van der Waals surface area contributed by atoms with Gasteiger partial charge in [-0.25, -0.2) is 13.4 Å². The molecule has 0 spiro atoms. The van der Waals surface area contributed by atoms with Gasteiger partial charge in [-0.3, -0.25) is 5.10 Å². The molecule has 0 saturated carbocycles. The van der Waals surface area contributed by atoms with Crippen molar-refractivity contribution < 1.29 is 8.42 Å². The van der Waals surface area contributed by atoms with Gasteiger partial charge in [-0.2, -0.15) is 9.40 Å². The van der Waals surface area contributed by atoms with Gasteiger partial charge in [0.05, 0.1) is 5.39 Å². The van der Waals surface area contributed by atoms with Crippen LogP contribution in [0.5, 0.6) is 0 Å². The van der Waals surface area contributed by atoms with Gasteiger partial charge in [0.15, 0.2) is 10.7 Å². The van der Waals surface area contributed by atoms with Crippen molar-refractivity contribution in [2.45, 2.75) is 30.8 Å². The summed E-state index contributed by atoms with van der Waals surface area (Å²) in [5.41, 5.74) is 0.432. The molecule has 22 heavy (non-hydrogen) atoms. The summed E-state index contributed by atoms with van der Waals surface area (Å²) in [4.78, 5) is 6.29. The van der Waals surface area contributed by atoms with Crippen LogP contribution in [0.3, 0.4) is 0 Å². The highest BCUT2D eigenvalue weighted by molar-refractivity contribution is 7.89. The Morgan fingerprint density at radius 2 is 2.23 bits per heavy atom. The Kier molecular flexibility index (Phi) is 4.16. The third-order valence-electron chi connectivity index (χ3n) is 4.18. The van der Waals surface area contributed by atoms with Gasteiger partial charge >= 0.3 is 0 Å². The molecule has 2 aromatic heterocycles. The molecule has 0 aliphatic carbocycles. The van der Waals surface area contributed by atoms with Gasteiger partial charge in [-0.1, -0.05) is 6.92 Å². The van der Waals surface area contributed by atoms with E-state index in [0.29, 0.717) is 17.6 Å². The zero-order valence-electron chi connectivity index (χ0n) is 12.9. The molecule has 1 aliphatic heterocycles. The summed E-state index contributed by atoms with van der Waals surface area (Å²) in [6, 6.07) is 3.45. The number of rotatable bonds is 3. The lowest BCUT2D eigenvalue weighted by molar-refractivity contribution is 0.270. The molecule has 1 N–H and O–H groups in total. The smallest absolute Gasteiger partial charge is 0.260 e. The molecular formula is C14H21N5O2S. The first-order chi connectivity index (χ1) is 10.5. The summed E-state index contributed by atoms with van der Waals surface area (Å²) in [6.07, 6.45) is 3.22. The van der Waals surface area contributed by atoms with Crippen LogP contribution < -0.4 is 0 Å². The quantitative estimate of drug-likeness (QED) is 0.913. The first-order valence-electron chi connectivity index (χ1n) is 7.53. The topological polar surface area (TPSA) is 82.2 Å². The number of fused-ring (bicyclic) bond motifs is 1. The number of sulfonamides is 1. The summed E-state index contributed by atoms with van der Waals surface area (Å²) in [5.74, 6) is 0. The average molecular weight is 323 g/mol. The maximum Gasteiger partial charge on any atom is 0.260 e. The second kappa shape index (κ2) is 5.94. The van der Waals surface area contributed by atoms with Gasteiger partial charge in [0.2, 0.25) is 0 Å². The molecule has 1 unspecified atom stereocenters. The molecule has 0 amide bonds. The number of H-pyrrole nitrogens is 1. The molecule has 7 nitrogen and oxygen atoms in total. The van der Waals surface area contributed by atoms with Crippen molar-refractivity contribution in [1.82, 2.24) is 24.4 Å². The normalized spacial score (nSPS) is 22.0. The zero-order valence-corrected chi connectivity index (χ0v) is 13.7. The first-order valence-corrected chi connectivity index (χ1v) is 8.97. The fourth-order valence-corrected chi connectivity index (χ4v) is 4.82. The molecule has 0 aromatic carbocycles. The molecule has 1 saturated heterocycles. The van der Waals surface area contributed by atoms with Crippen molar-refractivity contribution in [3.63, 3.8) is 0 Å². The van der Waals surface area contributed by atoms with Crippen LogP contribution in [-0.4, -0.2) is 65.5 Å². The van der Waals surface area contributed by atoms with Crippen molar-refractivity contribution in [1.29, 1.82) is 0 Å². The van der Waals surface area contributed by atoms with Crippen molar-refractivity contribution in [2.24, 2.45) is 0 Å². The molecule has 0 radical (unpaired) electrons. The Morgan fingerprint density at radius 1 is 1.41 bits per heavy atom. The van der Waals surface area contributed by atoms with E-state index in [-0.39, 0.29) is 11.1 Å². The third-order valence-corrected chi connectivity index (χ3v) is 6.11. The number of pyridine rings is 1. The fourth-order valence-electron chi connectivity index (χ4n) is 3.01. The molecule has 3 heterocycles. The Morgan fingerprint density at radius 3 is 3.00 bits per heavy atom. The SMILES string of the molecule is CCC1CN(C)CCCN1S(=O)(=O)c1[nH]nc2ncccc12. The summed E-state index contributed by atoms with van der Waals surface area (Å²) < 4.78 is 27.8. The summed E-state index contributed by atoms with van der Waals surface area (Å²) in [5, 5.41) is 7.39. The molecule has 2 aromatic rings. The van der Waals surface area contributed by atoms with E-state index < -0.39 is 10.0 Å². The Labute approximate surface area is 130 Å². The van der Waals surface area contributed by atoms with E-state index in [9.17, 15) is 8.42 Å². The van der Waals surface area contributed by atoms with Crippen molar-refractivity contribution in [3.05, 3.63) is 18.3 Å². The van der Waals surface area contributed by atoms with Crippen LogP contribution in [0.15, 0.2) is 23.4 Å². The molecule has 1 atom stereocenters. The van der Waals surface area contributed by atoms with E-state index in [2.05, 4.69) is 20.1 Å². The molecule has 3 rings (SSSR count). The van der Waals surface area contributed by atoms with Crippen LogP contribution in [0.4, 0.5) is 0 Å². The number of nitrogens with one attached hydrogen (secondary N) is 1. The summed E-state index contributed by atoms with van der Waals surface area (Å²) in [7, 11) is -1.57. The van der Waals surface area contributed by atoms with E-state index in [1.807, 2.05) is 14.0 Å². The Balaban J connectivity index is 2.04. The highest BCUT2D eigenvalue weighted by Gasteiger charge is 2.35. The van der Waals surface area contributed by atoms with E-state index in [1.54, 1.807) is 22.6 Å². The summed E-state index contributed by atoms with van der Waals surface area (Å²) in [6.45, 7) is 4.22. The van der Waals surface area contributed by atoms with Crippen molar-refractivity contribution in [2.75, 3.05) is 26.7 Å². The van der Waals surface area contributed by atoms with E-state index in [4.69, 9.17) is 0 Å². The lowest BCUT2D eigenvalue weighted by atomic mass is 10.2. The Bertz CT molecular complexity index is 757. The van der Waals surface area contributed by atoms with Crippen LogP contribution >= 0.6 is 0 Å². The van der Waals surface area contributed by atoms with E-state index in [0.717, 1.165) is 25.9 Å². The second-order valence-electron chi connectivity index (χ2n) is 5.72. The minimum absolute atomic E-state index is 0.0208. The van der Waals surface area contributed by atoms with E-state index in [1.165, 1.54) is 0 Å². The lowest BCUT2D eigenvalue weighted by Gasteiger charge is -2.28. The largest absolute Gasteiger partial charge is 0.305 e. The van der Waals surface area contributed by atoms with Gasteiger partial charge in [0, 0.05) is 25.3 Å². The second-order valence-corrected chi connectivity index (χ2v) is 7.55. The third kappa shape index (κ3) is 2.62. The van der Waals surface area contributed by atoms with Gasteiger partial charge in [-0.05, 0) is 38.6 Å². The minimum Gasteiger partial charge on any atom is -0.305 e. The predicted octanol–water partition coefficient (Wildman–Crippen LogP) is 1.06. The van der Waals surface area contributed by atoms with Gasteiger partial charge in [-0.15, -0.1) is 0 Å². The lowest BCUT2D eigenvalue weighted by Crippen LogP contribution is -2.43. The van der Waals surface area contributed by atoms with Crippen LogP contribution in [0.1, 0.15) is 19.8 Å². The molecule has 8 heteroatoms. The first kappa shape index (κ1) is 15.4. The highest BCUT2D eigenvalue weighted by atomic mass is 32.2. The van der Waals surface area contributed by atoms with Crippen molar-refractivity contribution in [3.8, 4) is 0 Å². The number of hydrogen-bond donors (Lipinski definition) is 1. The fraction of sp³-hybridized carbons (Fsp3) is 0.571. The standard InChI is InChI=1S/C14H21N5O2S/c1-3-11-10-18(2)8-5-9-19(11)22(20,21)14-12-6-4-7-15-13(12)16-17-14/h4,6-7,11H,3,5,8-10H2,1-2H3,(H,15,16,17). The summed E-state index contributed by atoms with van der Waals surface area (Å²) >= 11 is 0. The van der Waals surface area contributed by atoms with Gasteiger partial charge in [0.25, 0.3) is 10.0 Å².